The van der Waals surface area contributed by atoms with Gasteiger partial charge in [0.1, 0.15) is 18.0 Å². The maximum absolute atomic E-state index is 14.4. The number of hydrogen-bond acceptors (Lipinski definition) is 6. The van der Waals surface area contributed by atoms with E-state index in [1.807, 2.05) is 6.07 Å². The molecule has 0 amide bonds. The number of aromatic nitrogens is 6. The zero-order chi connectivity index (χ0) is 30.8. The van der Waals surface area contributed by atoms with Gasteiger partial charge in [-0.2, -0.15) is 13.2 Å². The second-order valence-corrected chi connectivity index (χ2v) is 11.8. The van der Waals surface area contributed by atoms with Crippen LogP contribution < -0.4 is 11.0 Å². The van der Waals surface area contributed by atoms with E-state index in [0.29, 0.717) is 41.1 Å². The summed E-state index contributed by atoms with van der Waals surface area (Å²) in [6.07, 6.45) is 3.31. The third kappa shape index (κ3) is 5.19. The van der Waals surface area contributed by atoms with Crippen molar-refractivity contribution in [3.05, 3.63) is 88.2 Å². The fourth-order valence-corrected chi connectivity index (χ4v) is 5.82. The molecule has 5 aromatic rings. The molecule has 0 radical (unpaired) electrons. The lowest BCUT2D eigenvalue weighted by molar-refractivity contribution is -0.136. The highest BCUT2D eigenvalue weighted by molar-refractivity contribution is 5.81. The predicted octanol–water partition coefficient (Wildman–Crippen LogP) is 4.99. The third-order valence-corrected chi connectivity index (χ3v) is 8.52. The van der Waals surface area contributed by atoms with Gasteiger partial charge in [0.15, 0.2) is 5.82 Å². The SMILES string of the molecule is Cn1cnnc1-c1cc(F)ccc1-c1cc(C2CC2)nc(-n2cc3c(C(F)(F)F)cc(CNCC4(O)CCC4)cn3c2=O)c1. The average Bonchev–Trinajstić information content (AvgIpc) is 3.65. The Morgan fingerprint density at radius 2 is 1.89 bits per heavy atom. The molecule has 4 aromatic heterocycles. The second-order valence-electron chi connectivity index (χ2n) is 11.8. The van der Waals surface area contributed by atoms with Crippen molar-refractivity contribution in [2.75, 3.05) is 6.54 Å². The topological polar surface area (TPSA) is 102 Å². The smallest absolute Gasteiger partial charge is 0.389 e. The third-order valence-electron chi connectivity index (χ3n) is 8.52. The molecule has 13 heteroatoms. The molecule has 0 bridgehead atoms. The molecule has 0 unspecified atom stereocenters. The maximum atomic E-state index is 14.4. The fourth-order valence-electron chi connectivity index (χ4n) is 5.82. The molecular formula is C31H29F4N7O2. The minimum Gasteiger partial charge on any atom is -0.389 e. The quantitative estimate of drug-likeness (QED) is 0.241. The Kier molecular flexibility index (Phi) is 6.70. The zero-order valence-corrected chi connectivity index (χ0v) is 23.8. The summed E-state index contributed by atoms with van der Waals surface area (Å²) < 4.78 is 61.0. The number of rotatable bonds is 8. The average molecular weight is 608 g/mol. The van der Waals surface area contributed by atoms with Crippen LogP contribution in [0.2, 0.25) is 0 Å². The molecule has 228 valence electrons. The molecule has 7 rings (SSSR count). The van der Waals surface area contributed by atoms with E-state index in [1.54, 1.807) is 23.7 Å². The molecule has 0 atom stereocenters. The normalized spacial score (nSPS) is 16.4. The summed E-state index contributed by atoms with van der Waals surface area (Å²) in [5.74, 6) is 0.267. The number of fused-ring (bicyclic) bond motifs is 1. The van der Waals surface area contributed by atoms with E-state index in [2.05, 4.69) is 15.5 Å². The lowest BCUT2D eigenvalue weighted by Crippen LogP contribution is -2.46. The van der Waals surface area contributed by atoms with Crippen LogP contribution >= 0.6 is 0 Å². The number of pyridine rings is 2. The molecule has 2 fully saturated rings. The van der Waals surface area contributed by atoms with Gasteiger partial charge in [0, 0.05) is 49.7 Å². The van der Waals surface area contributed by atoms with Gasteiger partial charge in [-0.1, -0.05) is 6.07 Å². The van der Waals surface area contributed by atoms with Crippen LogP contribution in [-0.2, 0) is 19.8 Å². The molecule has 9 nitrogen and oxygen atoms in total. The number of nitrogens with one attached hydrogen (secondary N) is 1. The van der Waals surface area contributed by atoms with Crippen molar-refractivity contribution >= 4 is 5.52 Å². The van der Waals surface area contributed by atoms with Crippen molar-refractivity contribution in [2.24, 2.45) is 7.05 Å². The highest BCUT2D eigenvalue weighted by Crippen LogP contribution is 2.42. The molecule has 2 N–H and O–H groups in total. The van der Waals surface area contributed by atoms with Crippen LogP contribution in [0, 0.1) is 5.82 Å². The number of benzene rings is 1. The van der Waals surface area contributed by atoms with Gasteiger partial charge < -0.3 is 15.0 Å². The van der Waals surface area contributed by atoms with Crippen LogP contribution in [0.5, 0.6) is 0 Å². The van der Waals surface area contributed by atoms with Crippen molar-refractivity contribution in [2.45, 2.75) is 56.3 Å². The van der Waals surface area contributed by atoms with Crippen molar-refractivity contribution in [1.29, 1.82) is 0 Å². The van der Waals surface area contributed by atoms with Crippen molar-refractivity contribution in [1.82, 2.24) is 34.0 Å². The summed E-state index contributed by atoms with van der Waals surface area (Å²) in [7, 11) is 1.74. The van der Waals surface area contributed by atoms with Gasteiger partial charge in [-0.05, 0) is 79.1 Å². The highest BCUT2D eigenvalue weighted by Gasteiger charge is 2.36. The largest absolute Gasteiger partial charge is 0.418 e. The number of imidazole rings is 1. The fraction of sp³-hybridized carbons (Fsp3) is 0.355. The van der Waals surface area contributed by atoms with Gasteiger partial charge in [-0.15, -0.1) is 10.2 Å². The van der Waals surface area contributed by atoms with Crippen LogP contribution in [0.4, 0.5) is 17.6 Å². The molecule has 2 aliphatic rings. The van der Waals surface area contributed by atoms with E-state index < -0.39 is 28.8 Å². The first-order valence-electron chi connectivity index (χ1n) is 14.4. The lowest BCUT2D eigenvalue weighted by atomic mass is 9.80. The van der Waals surface area contributed by atoms with E-state index in [-0.39, 0.29) is 35.9 Å². The number of halogens is 4. The standard InChI is InChI=1S/C31H29F4N7O2/c1-40-17-37-39-28(40)23-12-21(32)5-6-22(23)20-10-25(19-3-4-19)38-27(11-20)42-15-26-24(31(33,34)35)9-18(14-41(26)29(42)43)13-36-16-30(44)7-2-8-30/h5-6,9-12,14-15,17,19,36,44H,2-4,7-8,13,16H2,1H3. The number of alkyl halides is 3. The predicted molar refractivity (Wildman–Crippen MR) is 154 cm³/mol. The van der Waals surface area contributed by atoms with Crippen molar-refractivity contribution in [3.63, 3.8) is 0 Å². The van der Waals surface area contributed by atoms with Gasteiger partial charge in [0.25, 0.3) is 0 Å². The van der Waals surface area contributed by atoms with Crippen LogP contribution in [0.1, 0.15) is 54.8 Å². The molecule has 1 aromatic carbocycles. The Hall–Kier alpha value is -4.36. The summed E-state index contributed by atoms with van der Waals surface area (Å²) in [5, 5.41) is 21.4. The van der Waals surface area contributed by atoms with Gasteiger partial charge in [0.05, 0.1) is 16.7 Å². The number of nitrogens with zero attached hydrogens (tertiary/aromatic N) is 6. The van der Waals surface area contributed by atoms with Crippen LogP contribution in [-0.4, -0.2) is 46.0 Å². The molecule has 0 spiro atoms. The van der Waals surface area contributed by atoms with E-state index >= 15 is 0 Å². The summed E-state index contributed by atoms with van der Waals surface area (Å²) >= 11 is 0. The van der Waals surface area contributed by atoms with Crippen molar-refractivity contribution < 1.29 is 22.7 Å². The molecule has 0 saturated heterocycles. The Bertz CT molecular complexity index is 1950. The molecule has 2 aliphatic carbocycles. The monoisotopic (exact) mass is 607 g/mol. The summed E-state index contributed by atoms with van der Waals surface area (Å²) in [6, 6.07) is 8.80. The number of aliphatic hydroxyl groups is 1. The van der Waals surface area contributed by atoms with Crippen molar-refractivity contribution in [3.8, 4) is 28.3 Å². The molecule has 0 aliphatic heterocycles. The van der Waals surface area contributed by atoms with Crippen LogP contribution in [0.3, 0.4) is 0 Å². The minimum atomic E-state index is -4.72. The first-order chi connectivity index (χ1) is 21.0. The molecule has 2 saturated carbocycles. The zero-order valence-electron chi connectivity index (χ0n) is 23.8. The van der Waals surface area contributed by atoms with E-state index in [0.717, 1.165) is 40.5 Å². The second kappa shape index (κ2) is 10.4. The first kappa shape index (κ1) is 28.4. The van der Waals surface area contributed by atoms with Gasteiger partial charge >= 0.3 is 11.9 Å². The number of aryl methyl sites for hydroxylation is 1. The van der Waals surface area contributed by atoms with Gasteiger partial charge in [-0.3, -0.25) is 8.97 Å². The van der Waals surface area contributed by atoms with E-state index in [1.165, 1.54) is 24.7 Å². The van der Waals surface area contributed by atoms with Crippen LogP contribution in [0.25, 0.3) is 33.8 Å². The molecule has 4 heterocycles. The van der Waals surface area contributed by atoms with Gasteiger partial charge in [0.2, 0.25) is 0 Å². The summed E-state index contributed by atoms with van der Waals surface area (Å²) in [4.78, 5) is 18.4. The van der Waals surface area contributed by atoms with E-state index in [4.69, 9.17) is 4.98 Å². The molecule has 44 heavy (non-hydrogen) atoms. The highest BCUT2D eigenvalue weighted by atomic mass is 19.4. The van der Waals surface area contributed by atoms with Gasteiger partial charge in [-0.25, -0.2) is 14.2 Å². The summed E-state index contributed by atoms with van der Waals surface area (Å²) in [6.45, 7) is 0.302. The van der Waals surface area contributed by atoms with E-state index in [9.17, 15) is 27.5 Å². The van der Waals surface area contributed by atoms with Crippen LogP contribution in [0.15, 0.2) is 59.9 Å². The Balaban J connectivity index is 1.35. The minimum absolute atomic E-state index is 0.0495. The maximum Gasteiger partial charge on any atom is 0.418 e. The Morgan fingerprint density at radius 3 is 2.55 bits per heavy atom. The number of hydrogen-bond donors (Lipinski definition) is 2. The Labute approximate surface area is 248 Å². The molecular weight excluding hydrogens is 578 g/mol. The first-order valence-corrected chi connectivity index (χ1v) is 14.4. The lowest BCUT2D eigenvalue weighted by Gasteiger charge is -2.36. The Morgan fingerprint density at radius 1 is 1.09 bits per heavy atom. The summed E-state index contributed by atoms with van der Waals surface area (Å²) in [5.41, 5.74) is -0.137.